The fourth-order valence-corrected chi connectivity index (χ4v) is 3.92. The molecular weight excluding hydrogens is 381 g/mol. The van der Waals surface area contributed by atoms with Crippen LogP contribution in [0, 0.1) is 6.92 Å². The molecule has 152 valence electrons. The lowest BCUT2D eigenvalue weighted by atomic mass is 9.90. The molecule has 1 saturated heterocycles. The van der Waals surface area contributed by atoms with E-state index in [0.29, 0.717) is 53.7 Å². The Morgan fingerprint density at radius 3 is 2.55 bits per heavy atom. The quantitative estimate of drug-likeness (QED) is 0.818. The molecular formula is C22H21F3N2O2. The largest absolute Gasteiger partial charge is 0.416 e. The number of fused-ring (bicyclic) bond motifs is 1. The molecule has 0 aliphatic carbocycles. The summed E-state index contributed by atoms with van der Waals surface area (Å²) in [5.41, 5.74) is 2.77. The van der Waals surface area contributed by atoms with Crippen molar-refractivity contribution >= 4 is 12.1 Å². The summed E-state index contributed by atoms with van der Waals surface area (Å²) < 4.78 is 40.2. The number of hydrogen-bond acceptors (Lipinski definition) is 3. The number of piperidine rings is 1. The van der Waals surface area contributed by atoms with Gasteiger partial charge in [-0.25, -0.2) is 0 Å². The highest BCUT2D eigenvalue weighted by atomic mass is 19.4. The Morgan fingerprint density at radius 2 is 1.86 bits per heavy atom. The smallest absolute Gasteiger partial charge is 0.393 e. The molecule has 4 rings (SSSR count). The Kier molecular flexibility index (Phi) is 4.94. The molecule has 0 aromatic heterocycles. The number of rotatable bonds is 2. The van der Waals surface area contributed by atoms with Gasteiger partial charge in [0.15, 0.2) is 0 Å². The molecule has 2 aromatic carbocycles. The fourth-order valence-electron chi connectivity index (χ4n) is 3.92. The second-order valence-corrected chi connectivity index (χ2v) is 7.62. The van der Waals surface area contributed by atoms with Crippen LogP contribution in [0.3, 0.4) is 0 Å². The van der Waals surface area contributed by atoms with Crippen LogP contribution in [-0.4, -0.2) is 41.3 Å². The summed E-state index contributed by atoms with van der Waals surface area (Å²) in [6.45, 7) is 2.98. The first-order chi connectivity index (χ1) is 13.7. The van der Waals surface area contributed by atoms with Crippen LogP contribution in [-0.2, 0) is 12.7 Å². The number of halogens is 3. The zero-order chi connectivity index (χ0) is 20.8. The van der Waals surface area contributed by atoms with E-state index < -0.39 is 11.7 Å². The first-order valence-electron chi connectivity index (χ1n) is 9.56. The van der Waals surface area contributed by atoms with Gasteiger partial charge in [-0.1, -0.05) is 6.07 Å². The Bertz CT molecular complexity index is 990. The van der Waals surface area contributed by atoms with Crippen molar-refractivity contribution in [3.8, 4) is 11.1 Å². The number of aliphatic hydroxyl groups excluding tert-OH is 1. The van der Waals surface area contributed by atoms with Crippen molar-refractivity contribution < 1.29 is 23.1 Å². The number of alkyl halides is 3. The van der Waals surface area contributed by atoms with Crippen molar-refractivity contribution in [2.24, 2.45) is 4.99 Å². The molecule has 1 N–H and O–H groups in total. The van der Waals surface area contributed by atoms with Crippen LogP contribution < -0.4 is 0 Å². The summed E-state index contributed by atoms with van der Waals surface area (Å²) in [4.78, 5) is 18.7. The fraction of sp³-hybridized carbons (Fsp3) is 0.364. The zero-order valence-corrected chi connectivity index (χ0v) is 16.0. The number of benzene rings is 2. The lowest BCUT2D eigenvalue weighted by molar-refractivity contribution is -0.137. The van der Waals surface area contributed by atoms with Gasteiger partial charge in [0, 0.05) is 30.4 Å². The van der Waals surface area contributed by atoms with Crippen LogP contribution in [0.25, 0.3) is 11.1 Å². The molecule has 0 radical (unpaired) electrons. The van der Waals surface area contributed by atoms with Gasteiger partial charge in [0.25, 0.3) is 5.91 Å². The van der Waals surface area contributed by atoms with Crippen LogP contribution >= 0.6 is 0 Å². The third kappa shape index (κ3) is 3.79. The minimum atomic E-state index is -4.46. The van der Waals surface area contributed by atoms with E-state index in [9.17, 15) is 23.1 Å². The average Bonchev–Trinajstić information content (AvgIpc) is 3.16. The summed E-state index contributed by atoms with van der Waals surface area (Å²) in [6.07, 6.45) is -2.18. The second-order valence-electron chi connectivity index (χ2n) is 7.62. The number of nitrogens with zero attached hydrogens (tertiary/aromatic N) is 2. The lowest BCUT2D eigenvalue weighted by Gasteiger charge is -2.29. The molecule has 4 nitrogen and oxygen atoms in total. The standard InChI is InChI=1S/C22H21F3N2O2/c1-13-2-3-14(21(29)27-6-4-17(28)5-7-27)9-18(13)19-10-16(22(23,24)25)8-15-11-26-12-20(15)19/h2-3,8-10,12,17,28H,4-7,11H2,1H3. The van der Waals surface area contributed by atoms with Crippen molar-refractivity contribution in [2.75, 3.05) is 13.1 Å². The maximum absolute atomic E-state index is 13.4. The third-order valence-electron chi connectivity index (χ3n) is 5.60. The first kappa shape index (κ1) is 19.6. The van der Waals surface area contributed by atoms with E-state index in [0.717, 1.165) is 17.7 Å². The maximum Gasteiger partial charge on any atom is 0.416 e. The van der Waals surface area contributed by atoms with Crippen LogP contribution in [0.4, 0.5) is 13.2 Å². The van der Waals surface area contributed by atoms with Gasteiger partial charge in [0.2, 0.25) is 0 Å². The molecule has 1 fully saturated rings. The van der Waals surface area contributed by atoms with Crippen molar-refractivity contribution in [1.82, 2.24) is 4.90 Å². The SMILES string of the molecule is Cc1ccc(C(=O)N2CCC(O)CC2)cc1-c1cc(C(F)(F)F)cc2c1C=NC2. The first-order valence-corrected chi connectivity index (χ1v) is 9.56. The Labute approximate surface area is 166 Å². The van der Waals surface area contributed by atoms with Crippen molar-refractivity contribution in [1.29, 1.82) is 0 Å². The normalized spacial score (nSPS) is 16.9. The van der Waals surface area contributed by atoms with Crippen LogP contribution in [0.2, 0.25) is 0 Å². The highest BCUT2D eigenvalue weighted by Gasteiger charge is 2.33. The summed E-state index contributed by atoms with van der Waals surface area (Å²) >= 11 is 0. The maximum atomic E-state index is 13.4. The Morgan fingerprint density at radius 1 is 1.14 bits per heavy atom. The van der Waals surface area contributed by atoms with E-state index in [1.54, 1.807) is 29.3 Å². The van der Waals surface area contributed by atoms with Crippen LogP contribution in [0.1, 0.15) is 45.5 Å². The van der Waals surface area contributed by atoms with Crippen molar-refractivity contribution in [3.05, 3.63) is 58.1 Å². The summed E-state index contributed by atoms with van der Waals surface area (Å²) in [5, 5.41) is 9.65. The van der Waals surface area contributed by atoms with Crippen molar-refractivity contribution in [3.63, 3.8) is 0 Å². The number of likely N-dealkylation sites (tertiary alicyclic amines) is 1. The summed E-state index contributed by atoms with van der Waals surface area (Å²) in [7, 11) is 0. The highest BCUT2D eigenvalue weighted by Crippen LogP contribution is 2.38. The number of carbonyl (C=O) groups excluding carboxylic acids is 1. The number of amides is 1. The topological polar surface area (TPSA) is 52.9 Å². The molecule has 7 heteroatoms. The molecule has 0 unspecified atom stereocenters. The predicted molar refractivity (Wildman–Crippen MR) is 104 cm³/mol. The molecule has 2 aliphatic heterocycles. The number of hydrogen-bond donors (Lipinski definition) is 1. The van der Waals surface area contributed by atoms with Crippen molar-refractivity contribution in [2.45, 2.75) is 38.6 Å². The summed E-state index contributed by atoms with van der Waals surface area (Å²) in [5.74, 6) is -0.171. The molecule has 29 heavy (non-hydrogen) atoms. The zero-order valence-electron chi connectivity index (χ0n) is 16.0. The van der Waals surface area contributed by atoms with E-state index in [2.05, 4.69) is 4.99 Å². The molecule has 0 bridgehead atoms. The van der Waals surface area contributed by atoms with E-state index in [1.165, 1.54) is 0 Å². The molecule has 0 saturated carbocycles. The molecule has 2 aliphatic rings. The van der Waals surface area contributed by atoms with E-state index in [4.69, 9.17) is 0 Å². The van der Waals surface area contributed by atoms with Crippen LogP contribution in [0.5, 0.6) is 0 Å². The predicted octanol–water partition coefficient (Wildman–Crippen LogP) is 4.21. The van der Waals surface area contributed by atoms with E-state index in [-0.39, 0.29) is 18.6 Å². The van der Waals surface area contributed by atoms with Gasteiger partial charge in [-0.3, -0.25) is 9.79 Å². The van der Waals surface area contributed by atoms with Gasteiger partial charge in [0.1, 0.15) is 0 Å². The Balaban J connectivity index is 1.76. The van der Waals surface area contributed by atoms with Gasteiger partial charge in [0.05, 0.1) is 18.2 Å². The Hall–Kier alpha value is -2.67. The summed E-state index contributed by atoms with van der Waals surface area (Å²) in [6, 6.07) is 7.43. The number of aliphatic imine (C=N–C) groups is 1. The van der Waals surface area contributed by atoms with Gasteiger partial charge < -0.3 is 10.0 Å². The van der Waals surface area contributed by atoms with Gasteiger partial charge in [-0.2, -0.15) is 13.2 Å². The second kappa shape index (κ2) is 7.30. The van der Waals surface area contributed by atoms with E-state index in [1.807, 2.05) is 6.92 Å². The average molecular weight is 402 g/mol. The molecule has 2 aromatic rings. The molecule has 1 amide bonds. The minimum Gasteiger partial charge on any atom is -0.393 e. The number of aliphatic hydroxyl groups is 1. The molecule has 0 atom stereocenters. The van der Waals surface area contributed by atoms with Crippen LogP contribution in [0.15, 0.2) is 35.3 Å². The number of aryl methyl sites for hydroxylation is 1. The van der Waals surface area contributed by atoms with Gasteiger partial charge >= 0.3 is 6.18 Å². The lowest BCUT2D eigenvalue weighted by Crippen LogP contribution is -2.40. The van der Waals surface area contributed by atoms with E-state index >= 15 is 0 Å². The number of carbonyl (C=O) groups is 1. The van der Waals surface area contributed by atoms with Gasteiger partial charge in [-0.05, 0) is 66.3 Å². The third-order valence-corrected chi connectivity index (χ3v) is 5.60. The molecule has 0 spiro atoms. The monoisotopic (exact) mass is 402 g/mol. The molecule has 2 heterocycles. The minimum absolute atomic E-state index is 0.171. The highest BCUT2D eigenvalue weighted by molar-refractivity contribution is 5.99. The van der Waals surface area contributed by atoms with Gasteiger partial charge in [-0.15, -0.1) is 0 Å².